The van der Waals surface area contributed by atoms with E-state index >= 15 is 0 Å². The van der Waals surface area contributed by atoms with Gasteiger partial charge in [-0.25, -0.2) is 0 Å². The van der Waals surface area contributed by atoms with E-state index in [9.17, 15) is 0 Å². The molecule has 0 aromatic heterocycles. The van der Waals surface area contributed by atoms with Gasteiger partial charge in [-0.1, -0.05) is 35.9 Å². The standard InChI is InChI=1S/C17H14ClNO/c1-11-10-12(19)6-8-16(11)20-17-9-7-15(18)13-4-2-3-5-14(13)17/h2-10H,19H2,1H3. The molecule has 0 radical (unpaired) electrons. The fraction of sp³-hybridized carbons (Fsp3) is 0.0588. The van der Waals surface area contributed by atoms with Crippen LogP contribution in [0.3, 0.4) is 0 Å². The third-order valence-electron chi connectivity index (χ3n) is 3.25. The molecule has 0 aliphatic heterocycles. The van der Waals surface area contributed by atoms with Crippen molar-refractivity contribution in [2.24, 2.45) is 0 Å². The Hall–Kier alpha value is -2.19. The van der Waals surface area contributed by atoms with Gasteiger partial charge in [0.05, 0.1) is 0 Å². The molecule has 0 heterocycles. The number of anilines is 1. The van der Waals surface area contributed by atoms with Gasteiger partial charge >= 0.3 is 0 Å². The first-order valence-corrected chi connectivity index (χ1v) is 6.74. The average Bonchev–Trinajstić information content (AvgIpc) is 2.45. The molecule has 20 heavy (non-hydrogen) atoms. The van der Waals surface area contributed by atoms with E-state index in [0.29, 0.717) is 0 Å². The van der Waals surface area contributed by atoms with E-state index < -0.39 is 0 Å². The SMILES string of the molecule is Cc1cc(N)ccc1Oc1ccc(Cl)c2ccccc12. The average molecular weight is 284 g/mol. The van der Waals surface area contributed by atoms with Crippen molar-refractivity contribution in [1.82, 2.24) is 0 Å². The van der Waals surface area contributed by atoms with Crippen LogP contribution in [0, 0.1) is 6.92 Å². The van der Waals surface area contributed by atoms with Gasteiger partial charge in [-0.3, -0.25) is 0 Å². The molecule has 0 atom stereocenters. The summed E-state index contributed by atoms with van der Waals surface area (Å²) < 4.78 is 6.02. The highest BCUT2D eigenvalue weighted by atomic mass is 35.5. The van der Waals surface area contributed by atoms with Crippen LogP contribution in [0.4, 0.5) is 5.69 Å². The second-order valence-electron chi connectivity index (χ2n) is 4.72. The Kier molecular flexibility index (Phi) is 3.25. The molecule has 0 bridgehead atoms. The maximum absolute atomic E-state index is 6.21. The van der Waals surface area contributed by atoms with E-state index in [1.54, 1.807) is 0 Å². The lowest BCUT2D eigenvalue weighted by atomic mass is 10.1. The van der Waals surface area contributed by atoms with Crippen molar-refractivity contribution in [3.8, 4) is 11.5 Å². The first-order valence-electron chi connectivity index (χ1n) is 6.36. The number of hydrogen-bond donors (Lipinski definition) is 1. The predicted octanol–water partition coefficient (Wildman–Crippen LogP) is 5.18. The summed E-state index contributed by atoms with van der Waals surface area (Å²) in [7, 11) is 0. The van der Waals surface area contributed by atoms with Gasteiger partial charge in [0, 0.05) is 21.5 Å². The predicted molar refractivity (Wildman–Crippen MR) is 84.6 cm³/mol. The minimum atomic E-state index is 0.724. The zero-order valence-electron chi connectivity index (χ0n) is 11.1. The number of ether oxygens (including phenoxy) is 1. The molecule has 0 amide bonds. The van der Waals surface area contributed by atoms with E-state index in [4.69, 9.17) is 22.1 Å². The lowest BCUT2D eigenvalue weighted by molar-refractivity contribution is 0.484. The van der Waals surface area contributed by atoms with Gasteiger partial charge in [-0.2, -0.15) is 0 Å². The summed E-state index contributed by atoms with van der Waals surface area (Å²) in [5.74, 6) is 1.59. The maximum atomic E-state index is 6.21. The number of hydrogen-bond acceptors (Lipinski definition) is 2. The van der Waals surface area contributed by atoms with E-state index in [2.05, 4.69) is 0 Å². The largest absolute Gasteiger partial charge is 0.456 e. The number of nitrogens with two attached hydrogens (primary N) is 1. The molecule has 0 fully saturated rings. The normalized spacial score (nSPS) is 10.7. The van der Waals surface area contributed by atoms with Crippen LogP contribution in [0.2, 0.25) is 5.02 Å². The molecule has 3 rings (SSSR count). The van der Waals surface area contributed by atoms with Crippen LogP contribution in [0.1, 0.15) is 5.56 Å². The van der Waals surface area contributed by atoms with E-state index in [-0.39, 0.29) is 0 Å². The molecular formula is C17H14ClNO. The Morgan fingerprint density at radius 3 is 2.35 bits per heavy atom. The lowest BCUT2D eigenvalue weighted by Crippen LogP contribution is -1.91. The summed E-state index contributed by atoms with van der Waals surface area (Å²) in [6.07, 6.45) is 0. The Labute approximate surface area is 122 Å². The van der Waals surface area contributed by atoms with E-state index in [1.165, 1.54) is 0 Å². The molecule has 3 heteroatoms. The second-order valence-corrected chi connectivity index (χ2v) is 5.13. The molecule has 3 aromatic carbocycles. The molecule has 3 aromatic rings. The second kappa shape index (κ2) is 5.06. The number of halogens is 1. The van der Waals surface area contributed by atoms with Gasteiger partial charge in [0.2, 0.25) is 0 Å². The van der Waals surface area contributed by atoms with Crippen LogP contribution in [0.5, 0.6) is 11.5 Å². The number of benzene rings is 3. The van der Waals surface area contributed by atoms with Crippen molar-refractivity contribution in [3.63, 3.8) is 0 Å². The lowest BCUT2D eigenvalue weighted by Gasteiger charge is -2.12. The Morgan fingerprint density at radius 2 is 1.60 bits per heavy atom. The fourth-order valence-electron chi connectivity index (χ4n) is 2.23. The highest BCUT2D eigenvalue weighted by molar-refractivity contribution is 6.35. The first kappa shape index (κ1) is 12.8. The van der Waals surface area contributed by atoms with Crippen LogP contribution in [-0.2, 0) is 0 Å². The molecule has 0 saturated carbocycles. The Balaban J connectivity index is 2.09. The molecule has 0 saturated heterocycles. The highest BCUT2D eigenvalue weighted by Crippen LogP contribution is 2.35. The summed E-state index contributed by atoms with van der Waals surface area (Å²) in [5, 5.41) is 2.71. The molecule has 2 N–H and O–H groups in total. The van der Waals surface area contributed by atoms with Gasteiger partial charge in [-0.15, -0.1) is 0 Å². The summed E-state index contributed by atoms with van der Waals surface area (Å²) in [6, 6.07) is 17.3. The van der Waals surface area contributed by atoms with Crippen molar-refractivity contribution in [1.29, 1.82) is 0 Å². The minimum Gasteiger partial charge on any atom is -0.456 e. The van der Waals surface area contributed by atoms with Gasteiger partial charge in [-0.05, 0) is 42.8 Å². The van der Waals surface area contributed by atoms with Crippen molar-refractivity contribution in [2.45, 2.75) is 6.92 Å². The van der Waals surface area contributed by atoms with Gasteiger partial charge in [0.25, 0.3) is 0 Å². The Bertz CT molecular complexity index is 783. The highest BCUT2D eigenvalue weighted by Gasteiger charge is 2.08. The number of aryl methyl sites for hydroxylation is 1. The summed E-state index contributed by atoms with van der Waals surface area (Å²) >= 11 is 6.21. The maximum Gasteiger partial charge on any atom is 0.135 e. The van der Waals surface area contributed by atoms with Crippen LogP contribution in [-0.4, -0.2) is 0 Å². The number of rotatable bonds is 2. The molecular weight excluding hydrogens is 270 g/mol. The van der Waals surface area contributed by atoms with Gasteiger partial charge in [0.15, 0.2) is 0 Å². The molecule has 0 unspecified atom stereocenters. The number of fused-ring (bicyclic) bond motifs is 1. The van der Waals surface area contributed by atoms with Crippen LogP contribution < -0.4 is 10.5 Å². The minimum absolute atomic E-state index is 0.724. The summed E-state index contributed by atoms with van der Waals surface area (Å²) in [6.45, 7) is 1.98. The fourth-order valence-corrected chi connectivity index (χ4v) is 2.46. The molecule has 100 valence electrons. The summed E-state index contributed by atoms with van der Waals surface area (Å²) in [5.41, 5.74) is 7.49. The van der Waals surface area contributed by atoms with Crippen LogP contribution >= 0.6 is 11.6 Å². The molecule has 0 spiro atoms. The van der Waals surface area contributed by atoms with Gasteiger partial charge < -0.3 is 10.5 Å². The smallest absolute Gasteiger partial charge is 0.135 e. The third kappa shape index (κ3) is 2.30. The number of nitrogen functional groups attached to an aromatic ring is 1. The van der Waals surface area contributed by atoms with Crippen molar-refractivity contribution < 1.29 is 4.74 Å². The first-order chi connectivity index (χ1) is 9.65. The van der Waals surface area contributed by atoms with Crippen LogP contribution in [0.25, 0.3) is 10.8 Å². The molecule has 0 aliphatic rings. The monoisotopic (exact) mass is 283 g/mol. The van der Waals surface area contributed by atoms with E-state index in [0.717, 1.165) is 38.5 Å². The topological polar surface area (TPSA) is 35.2 Å². The van der Waals surface area contributed by atoms with Gasteiger partial charge in [0.1, 0.15) is 11.5 Å². The van der Waals surface area contributed by atoms with Crippen LogP contribution in [0.15, 0.2) is 54.6 Å². The zero-order valence-corrected chi connectivity index (χ0v) is 11.8. The van der Waals surface area contributed by atoms with Crippen molar-refractivity contribution in [3.05, 3.63) is 65.2 Å². The van der Waals surface area contributed by atoms with Crippen molar-refractivity contribution in [2.75, 3.05) is 5.73 Å². The quantitative estimate of drug-likeness (QED) is 0.658. The van der Waals surface area contributed by atoms with Crippen molar-refractivity contribution >= 4 is 28.1 Å². The molecule has 0 aliphatic carbocycles. The zero-order chi connectivity index (χ0) is 14.1. The Morgan fingerprint density at radius 1 is 0.900 bits per heavy atom. The van der Waals surface area contributed by atoms with E-state index in [1.807, 2.05) is 61.5 Å². The third-order valence-corrected chi connectivity index (χ3v) is 3.58. The molecule has 2 nitrogen and oxygen atoms in total. The summed E-state index contributed by atoms with van der Waals surface area (Å²) in [4.78, 5) is 0.